The summed E-state index contributed by atoms with van der Waals surface area (Å²) in [4.78, 5) is 5.38. The number of benzene rings is 1. The Morgan fingerprint density at radius 2 is 1.94 bits per heavy atom. The number of halogens is 1. The number of hydrogen-bond donors (Lipinski definition) is 1. The van der Waals surface area contributed by atoms with Crippen LogP contribution in [0.4, 0.5) is 4.39 Å². The molecule has 0 aromatic heterocycles. The van der Waals surface area contributed by atoms with Crippen LogP contribution in [0, 0.1) is 11.2 Å². The first kappa shape index (κ1) is 15.1. The van der Waals surface area contributed by atoms with Crippen molar-refractivity contribution in [3.63, 3.8) is 0 Å². The van der Waals surface area contributed by atoms with E-state index in [0.717, 1.165) is 0 Å². The minimum Gasteiger partial charge on any atom is -0.329 e. The van der Waals surface area contributed by atoms with Gasteiger partial charge in [0.15, 0.2) is 0 Å². The molecule has 18 heavy (non-hydrogen) atoms. The molecule has 2 N–H and O–H groups in total. The summed E-state index contributed by atoms with van der Waals surface area (Å²) in [5.74, 6) is -0.246. The van der Waals surface area contributed by atoms with E-state index in [9.17, 15) is 4.39 Å². The van der Waals surface area contributed by atoms with Gasteiger partial charge in [-0.3, -0.25) is 0 Å². The molecule has 1 atom stereocenters. The molecule has 0 amide bonds. The lowest BCUT2D eigenvalue weighted by molar-refractivity contribution is -0.176. The highest BCUT2D eigenvalue weighted by Crippen LogP contribution is 2.26. The lowest BCUT2D eigenvalue weighted by Crippen LogP contribution is -2.38. The van der Waals surface area contributed by atoms with Gasteiger partial charge in [0.05, 0.1) is 13.2 Å². The molecule has 0 aliphatic carbocycles. The van der Waals surface area contributed by atoms with Gasteiger partial charge >= 0.3 is 0 Å². The summed E-state index contributed by atoms with van der Waals surface area (Å²) < 4.78 is 13.8. The molecule has 1 unspecified atom stereocenters. The van der Waals surface area contributed by atoms with Crippen LogP contribution in [-0.2, 0) is 4.84 Å². The van der Waals surface area contributed by atoms with E-state index in [1.54, 1.807) is 24.3 Å². The van der Waals surface area contributed by atoms with Crippen molar-refractivity contribution in [1.29, 1.82) is 0 Å². The second-order valence-electron chi connectivity index (χ2n) is 5.59. The molecular formula is C14H23FN2O. The van der Waals surface area contributed by atoms with E-state index >= 15 is 0 Å². The van der Waals surface area contributed by atoms with E-state index in [1.165, 1.54) is 6.07 Å². The third-order valence-electron chi connectivity index (χ3n) is 2.70. The van der Waals surface area contributed by atoms with Crippen molar-refractivity contribution in [3.05, 3.63) is 35.6 Å². The molecule has 0 bridgehead atoms. The Kier molecular flexibility index (Phi) is 5.26. The first-order valence-electron chi connectivity index (χ1n) is 6.14. The Balaban J connectivity index is 2.97. The highest BCUT2D eigenvalue weighted by atomic mass is 19.1. The molecule has 0 radical (unpaired) electrons. The predicted octanol–water partition coefficient (Wildman–Crippen LogP) is 2.74. The van der Waals surface area contributed by atoms with Gasteiger partial charge in [-0.05, 0) is 11.5 Å². The van der Waals surface area contributed by atoms with Gasteiger partial charge < -0.3 is 10.6 Å². The Hall–Kier alpha value is -0.970. The predicted molar refractivity (Wildman–Crippen MR) is 71.4 cm³/mol. The molecule has 0 spiro atoms. The van der Waals surface area contributed by atoms with E-state index in [4.69, 9.17) is 10.6 Å². The molecule has 1 aromatic carbocycles. The van der Waals surface area contributed by atoms with Crippen molar-refractivity contribution in [1.82, 2.24) is 5.06 Å². The summed E-state index contributed by atoms with van der Waals surface area (Å²) in [5.41, 5.74) is 6.41. The Morgan fingerprint density at radius 3 is 2.39 bits per heavy atom. The van der Waals surface area contributed by atoms with E-state index in [2.05, 4.69) is 20.8 Å². The van der Waals surface area contributed by atoms with Gasteiger partial charge in [-0.15, -0.1) is 0 Å². The molecule has 4 heteroatoms. The molecule has 0 aliphatic rings. The lowest BCUT2D eigenvalue weighted by Gasteiger charge is -2.34. The SMILES string of the molecule is CON(CC(C)(C)C)C(CN)c1ccccc1F. The van der Waals surface area contributed by atoms with Gasteiger partial charge in [0.1, 0.15) is 5.82 Å². The molecule has 1 aromatic rings. The zero-order valence-corrected chi connectivity index (χ0v) is 11.6. The highest BCUT2D eigenvalue weighted by molar-refractivity contribution is 5.21. The average Bonchev–Trinajstić information content (AvgIpc) is 2.29. The van der Waals surface area contributed by atoms with E-state index in [0.29, 0.717) is 18.7 Å². The van der Waals surface area contributed by atoms with Crippen LogP contribution in [0.15, 0.2) is 24.3 Å². The first-order valence-corrected chi connectivity index (χ1v) is 6.14. The standard InChI is InChI=1S/C14H23FN2O/c1-14(2,3)10-17(18-4)13(9-16)11-7-5-6-8-12(11)15/h5-8,13H,9-10,16H2,1-4H3. The van der Waals surface area contributed by atoms with Gasteiger partial charge in [-0.1, -0.05) is 39.0 Å². The monoisotopic (exact) mass is 254 g/mol. The molecule has 0 heterocycles. The minimum atomic E-state index is -0.268. The van der Waals surface area contributed by atoms with Gasteiger partial charge in [0.2, 0.25) is 0 Å². The van der Waals surface area contributed by atoms with Gasteiger partial charge in [0.25, 0.3) is 0 Å². The fourth-order valence-electron chi connectivity index (χ4n) is 1.91. The number of hydrogen-bond acceptors (Lipinski definition) is 3. The average molecular weight is 254 g/mol. The van der Waals surface area contributed by atoms with Crippen LogP contribution in [0.25, 0.3) is 0 Å². The number of nitrogens with two attached hydrogens (primary N) is 1. The second-order valence-corrected chi connectivity index (χ2v) is 5.59. The van der Waals surface area contributed by atoms with Crippen LogP contribution < -0.4 is 5.73 Å². The zero-order chi connectivity index (χ0) is 13.8. The maximum atomic E-state index is 13.8. The molecule has 3 nitrogen and oxygen atoms in total. The summed E-state index contributed by atoms with van der Waals surface area (Å²) in [5, 5.41) is 1.75. The summed E-state index contributed by atoms with van der Waals surface area (Å²) >= 11 is 0. The van der Waals surface area contributed by atoms with Gasteiger partial charge in [-0.25, -0.2) is 4.39 Å². The summed E-state index contributed by atoms with van der Waals surface area (Å²) in [6, 6.07) is 6.42. The number of hydroxylamine groups is 2. The first-order chi connectivity index (χ1) is 8.39. The molecular weight excluding hydrogens is 231 g/mol. The largest absolute Gasteiger partial charge is 0.329 e. The smallest absolute Gasteiger partial charge is 0.128 e. The van der Waals surface area contributed by atoms with Gasteiger partial charge in [-0.2, -0.15) is 5.06 Å². The maximum absolute atomic E-state index is 13.8. The zero-order valence-electron chi connectivity index (χ0n) is 11.6. The van der Waals surface area contributed by atoms with Crippen molar-refractivity contribution in [2.45, 2.75) is 26.8 Å². The molecule has 0 saturated carbocycles. The maximum Gasteiger partial charge on any atom is 0.128 e. The van der Waals surface area contributed by atoms with Crippen molar-refractivity contribution in [2.24, 2.45) is 11.1 Å². The molecule has 0 fully saturated rings. The Labute approximate surface area is 109 Å². The van der Waals surface area contributed by atoms with Crippen molar-refractivity contribution in [3.8, 4) is 0 Å². The second kappa shape index (κ2) is 6.27. The fourth-order valence-corrected chi connectivity index (χ4v) is 1.91. The van der Waals surface area contributed by atoms with Gasteiger partial charge in [0, 0.05) is 18.7 Å². The Bertz CT molecular complexity index is 376. The number of nitrogens with zero attached hydrogens (tertiary/aromatic N) is 1. The van der Waals surface area contributed by atoms with E-state index in [1.807, 2.05) is 6.07 Å². The quantitative estimate of drug-likeness (QED) is 0.821. The third kappa shape index (κ3) is 4.05. The van der Waals surface area contributed by atoms with Crippen LogP contribution >= 0.6 is 0 Å². The molecule has 0 saturated heterocycles. The third-order valence-corrected chi connectivity index (χ3v) is 2.70. The highest BCUT2D eigenvalue weighted by Gasteiger charge is 2.26. The van der Waals surface area contributed by atoms with Crippen molar-refractivity contribution < 1.29 is 9.23 Å². The fraction of sp³-hybridized carbons (Fsp3) is 0.571. The van der Waals surface area contributed by atoms with Crippen LogP contribution in [0.5, 0.6) is 0 Å². The topological polar surface area (TPSA) is 38.5 Å². The summed E-state index contributed by atoms with van der Waals surface area (Å²) in [6.45, 7) is 7.31. The van der Waals surface area contributed by atoms with Crippen LogP contribution in [-0.4, -0.2) is 25.3 Å². The van der Waals surface area contributed by atoms with Crippen LogP contribution in [0.1, 0.15) is 32.4 Å². The van der Waals surface area contributed by atoms with E-state index < -0.39 is 0 Å². The van der Waals surface area contributed by atoms with E-state index in [-0.39, 0.29) is 17.3 Å². The molecule has 0 aliphatic heterocycles. The Morgan fingerprint density at radius 1 is 1.33 bits per heavy atom. The molecule has 102 valence electrons. The van der Waals surface area contributed by atoms with Crippen molar-refractivity contribution in [2.75, 3.05) is 20.2 Å². The van der Waals surface area contributed by atoms with Crippen molar-refractivity contribution >= 4 is 0 Å². The normalized spacial score (nSPS) is 13.9. The van der Waals surface area contributed by atoms with Crippen LogP contribution in [0.2, 0.25) is 0 Å². The summed E-state index contributed by atoms with van der Waals surface area (Å²) in [6.07, 6.45) is 0. The minimum absolute atomic E-state index is 0.0503. The molecule has 1 rings (SSSR count). The van der Waals surface area contributed by atoms with Crippen LogP contribution in [0.3, 0.4) is 0 Å². The number of rotatable bonds is 5. The summed E-state index contributed by atoms with van der Waals surface area (Å²) in [7, 11) is 1.59. The lowest BCUT2D eigenvalue weighted by atomic mass is 9.95.